The number of Topliss-reactive ketones (excluding diaryl/α,β-unsaturated/α-hetero) is 1. The predicted molar refractivity (Wildman–Crippen MR) is 65.5 cm³/mol. The van der Waals surface area contributed by atoms with E-state index in [1.54, 1.807) is 24.3 Å². The van der Waals surface area contributed by atoms with Crippen LogP contribution in [0.3, 0.4) is 0 Å². The zero-order chi connectivity index (χ0) is 12.7. The second kappa shape index (κ2) is 6.78. The number of hydrogen-bond acceptors (Lipinski definition) is 3. The molecule has 17 heavy (non-hydrogen) atoms. The topological polar surface area (TPSA) is 50.3 Å². The van der Waals surface area contributed by atoms with Crippen LogP contribution in [0.25, 0.3) is 0 Å². The highest BCUT2D eigenvalue weighted by Gasteiger charge is 2.09. The first-order valence-corrected chi connectivity index (χ1v) is 5.72. The van der Waals surface area contributed by atoms with Crippen LogP contribution in [0.1, 0.15) is 25.3 Å². The van der Waals surface area contributed by atoms with Crippen LogP contribution in [-0.2, 0) is 16.0 Å². The summed E-state index contributed by atoms with van der Waals surface area (Å²) in [7, 11) is 1.77. The van der Waals surface area contributed by atoms with Gasteiger partial charge in [-0.15, -0.1) is 0 Å². The van der Waals surface area contributed by atoms with Crippen LogP contribution in [0.5, 0.6) is 0 Å². The number of carbonyl (C=O) groups excluding carboxylic acids is 2. The SMILES string of the molecule is CC(=O)CCC(=O)N(C)CCc1ccncc1. The Kier molecular flexibility index (Phi) is 5.33. The summed E-state index contributed by atoms with van der Waals surface area (Å²) in [4.78, 5) is 28.0. The van der Waals surface area contributed by atoms with Gasteiger partial charge in [0.2, 0.25) is 5.91 Å². The molecule has 0 aliphatic rings. The lowest BCUT2D eigenvalue weighted by Crippen LogP contribution is -2.28. The van der Waals surface area contributed by atoms with Gasteiger partial charge in [0.15, 0.2) is 0 Å². The molecular formula is C13H18N2O2. The summed E-state index contributed by atoms with van der Waals surface area (Å²) in [5.74, 6) is 0.0788. The number of hydrogen-bond donors (Lipinski definition) is 0. The lowest BCUT2D eigenvalue weighted by atomic mass is 10.2. The van der Waals surface area contributed by atoms with E-state index in [9.17, 15) is 9.59 Å². The molecule has 0 aromatic carbocycles. The van der Waals surface area contributed by atoms with Crippen LogP contribution in [-0.4, -0.2) is 35.2 Å². The molecule has 1 heterocycles. The van der Waals surface area contributed by atoms with Crippen molar-refractivity contribution in [2.45, 2.75) is 26.2 Å². The molecule has 0 saturated heterocycles. The van der Waals surface area contributed by atoms with Crippen molar-refractivity contribution in [1.29, 1.82) is 0 Å². The molecule has 0 atom stereocenters. The molecule has 0 bridgehead atoms. The molecule has 1 aromatic rings. The fraction of sp³-hybridized carbons (Fsp3) is 0.462. The zero-order valence-corrected chi connectivity index (χ0v) is 10.3. The van der Waals surface area contributed by atoms with Crippen molar-refractivity contribution in [2.75, 3.05) is 13.6 Å². The van der Waals surface area contributed by atoms with Gasteiger partial charge in [0.1, 0.15) is 5.78 Å². The van der Waals surface area contributed by atoms with Gasteiger partial charge >= 0.3 is 0 Å². The molecule has 0 aliphatic heterocycles. The molecule has 1 amide bonds. The Labute approximate surface area is 102 Å². The van der Waals surface area contributed by atoms with E-state index in [1.807, 2.05) is 12.1 Å². The van der Waals surface area contributed by atoms with E-state index in [2.05, 4.69) is 4.98 Å². The van der Waals surface area contributed by atoms with Crippen LogP contribution in [0.4, 0.5) is 0 Å². The Morgan fingerprint density at radius 2 is 1.88 bits per heavy atom. The summed E-state index contributed by atoms with van der Waals surface area (Å²) in [6.45, 7) is 2.17. The highest BCUT2D eigenvalue weighted by atomic mass is 16.2. The second-order valence-corrected chi connectivity index (χ2v) is 4.12. The van der Waals surface area contributed by atoms with E-state index in [0.717, 1.165) is 12.0 Å². The highest BCUT2D eigenvalue weighted by Crippen LogP contribution is 2.01. The number of nitrogens with zero attached hydrogens (tertiary/aromatic N) is 2. The summed E-state index contributed by atoms with van der Waals surface area (Å²) >= 11 is 0. The minimum Gasteiger partial charge on any atom is -0.345 e. The maximum Gasteiger partial charge on any atom is 0.222 e. The molecule has 1 rings (SSSR count). The van der Waals surface area contributed by atoms with Crippen LogP contribution in [0, 0.1) is 0 Å². The molecule has 4 heteroatoms. The summed E-state index contributed by atoms with van der Waals surface area (Å²) in [5.41, 5.74) is 1.16. The van der Waals surface area contributed by atoms with Crippen molar-refractivity contribution in [3.05, 3.63) is 30.1 Å². The van der Waals surface area contributed by atoms with Gasteiger partial charge in [0.25, 0.3) is 0 Å². The van der Waals surface area contributed by atoms with Crippen molar-refractivity contribution in [3.8, 4) is 0 Å². The van der Waals surface area contributed by atoms with Crippen LogP contribution < -0.4 is 0 Å². The van der Waals surface area contributed by atoms with E-state index in [-0.39, 0.29) is 11.7 Å². The van der Waals surface area contributed by atoms with Gasteiger partial charge in [0.05, 0.1) is 0 Å². The smallest absolute Gasteiger partial charge is 0.222 e. The van der Waals surface area contributed by atoms with E-state index in [0.29, 0.717) is 19.4 Å². The van der Waals surface area contributed by atoms with Crippen LogP contribution in [0.15, 0.2) is 24.5 Å². The third kappa shape index (κ3) is 5.24. The van der Waals surface area contributed by atoms with Gasteiger partial charge < -0.3 is 9.69 Å². The van der Waals surface area contributed by atoms with Gasteiger partial charge in [0, 0.05) is 38.8 Å². The number of ketones is 1. The monoisotopic (exact) mass is 234 g/mol. The second-order valence-electron chi connectivity index (χ2n) is 4.12. The first-order valence-electron chi connectivity index (χ1n) is 5.72. The van der Waals surface area contributed by atoms with Crippen molar-refractivity contribution < 1.29 is 9.59 Å². The van der Waals surface area contributed by atoms with Gasteiger partial charge in [-0.05, 0) is 31.0 Å². The van der Waals surface area contributed by atoms with Gasteiger partial charge in [-0.25, -0.2) is 0 Å². The minimum absolute atomic E-state index is 0.0225. The number of rotatable bonds is 6. The Morgan fingerprint density at radius 3 is 2.47 bits per heavy atom. The Hall–Kier alpha value is -1.71. The fourth-order valence-electron chi connectivity index (χ4n) is 1.44. The quantitative estimate of drug-likeness (QED) is 0.748. The third-order valence-corrected chi connectivity index (χ3v) is 2.60. The van der Waals surface area contributed by atoms with Gasteiger partial charge in [-0.1, -0.05) is 0 Å². The third-order valence-electron chi connectivity index (χ3n) is 2.60. The van der Waals surface area contributed by atoms with E-state index < -0.39 is 0 Å². The summed E-state index contributed by atoms with van der Waals surface area (Å²) in [6.07, 6.45) is 4.94. The number of pyridine rings is 1. The van der Waals surface area contributed by atoms with Crippen molar-refractivity contribution in [3.63, 3.8) is 0 Å². The summed E-state index contributed by atoms with van der Waals surface area (Å²) < 4.78 is 0. The van der Waals surface area contributed by atoms with E-state index in [4.69, 9.17) is 0 Å². The fourth-order valence-corrected chi connectivity index (χ4v) is 1.44. The van der Waals surface area contributed by atoms with Crippen LogP contribution >= 0.6 is 0 Å². The summed E-state index contributed by atoms with van der Waals surface area (Å²) in [6, 6.07) is 3.88. The molecule has 92 valence electrons. The predicted octanol–water partition coefficient (Wildman–Crippen LogP) is 1.45. The molecule has 0 fully saturated rings. The maximum absolute atomic E-state index is 11.6. The van der Waals surface area contributed by atoms with Gasteiger partial charge in [-0.3, -0.25) is 9.78 Å². The maximum atomic E-state index is 11.6. The first-order chi connectivity index (χ1) is 8.09. The molecule has 0 N–H and O–H groups in total. The summed E-state index contributed by atoms with van der Waals surface area (Å²) in [5, 5.41) is 0. The number of carbonyl (C=O) groups is 2. The minimum atomic E-state index is 0.0225. The number of aromatic nitrogens is 1. The standard InChI is InChI=1S/C13H18N2O2/c1-11(16)3-4-13(17)15(2)10-7-12-5-8-14-9-6-12/h5-6,8-9H,3-4,7,10H2,1-2H3. The molecule has 0 unspecified atom stereocenters. The molecular weight excluding hydrogens is 216 g/mol. The average Bonchev–Trinajstić information content (AvgIpc) is 2.34. The molecule has 0 aliphatic carbocycles. The number of likely N-dealkylation sites (N-methyl/N-ethyl adjacent to an activating group) is 1. The molecule has 0 saturated carbocycles. The van der Waals surface area contributed by atoms with Crippen LogP contribution in [0.2, 0.25) is 0 Å². The average molecular weight is 234 g/mol. The Bertz CT molecular complexity index is 376. The highest BCUT2D eigenvalue weighted by molar-refractivity contribution is 5.83. The molecule has 1 aromatic heterocycles. The Morgan fingerprint density at radius 1 is 1.24 bits per heavy atom. The van der Waals surface area contributed by atoms with Crippen molar-refractivity contribution in [1.82, 2.24) is 9.88 Å². The first kappa shape index (κ1) is 13.4. The normalized spacial score (nSPS) is 10.0. The lowest BCUT2D eigenvalue weighted by molar-refractivity contribution is -0.131. The Balaban J connectivity index is 2.31. The van der Waals surface area contributed by atoms with E-state index in [1.165, 1.54) is 6.92 Å². The number of amides is 1. The largest absolute Gasteiger partial charge is 0.345 e. The molecule has 0 spiro atoms. The van der Waals surface area contributed by atoms with Gasteiger partial charge in [-0.2, -0.15) is 0 Å². The zero-order valence-electron chi connectivity index (χ0n) is 10.3. The van der Waals surface area contributed by atoms with E-state index >= 15 is 0 Å². The van der Waals surface area contributed by atoms with Crippen molar-refractivity contribution in [2.24, 2.45) is 0 Å². The van der Waals surface area contributed by atoms with Crippen molar-refractivity contribution >= 4 is 11.7 Å². The molecule has 4 nitrogen and oxygen atoms in total. The molecule has 0 radical (unpaired) electrons. The lowest BCUT2D eigenvalue weighted by Gasteiger charge is -2.16.